The van der Waals surface area contributed by atoms with Crippen molar-refractivity contribution in [3.8, 4) is 16.9 Å². The third-order valence-electron chi connectivity index (χ3n) is 4.09. The van der Waals surface area contributed by atoms with Gasteiger partial charge in [-0.2, -0.15) is 0 Å². The Balaban J connectivity index is 1.63. The van der Waals surface area contributed by atoms with Gasteiger partial charge in [-0.15, -0.1) is 0 Å². The molecule has 0 aliphatic carbocycles. The number of halogens is 1. The Hall–Kier alpha value is -2.78. The van der Waals surface area contributed by atoms with E-state index >= 15 is 0 Å². The van der Waals surface area contributed by atoms with Crippen LogP contribution in [-0.2, 0) is 4.79 Å². The molecular formula is C22H20ClNO2. The molecule has 1 amide bonds. The summed E-state index contributed by atoms with van der Waals surface area (Å²) in [6.45, 7) is 3.63. The molecule has 1 N–H and O–H groups in total. The lowest BCUT2D eigenvalue weighted by Gasteiger charge is -2.16. The smallest absolute Gasteiger partial charge is 0.265 e. The summed E-state index contributed by atoms with van der Waals surface area (Å²) in [5, 5.41) is 3.51. The van der Waals surface area contributed by atoms with Crippen LogP contribution in [0.3, 0.4) is 0 Å². The van der Waals surface area contributed by atoms with E-state index in [1.807, 2.05) is 55.5 Å². The minimum Gasteiger partial charge on any atom is -0.481 e. The second-order valence-corrected chi connectivity index (χ2v) is 6.54. The fourth-order valence-electron chi connectivity index (χ4n) is 2.62. The minimum absolute atomic E-state index is 0.206. The first-order chi connectivity index (χ1) is 12.5. The first kappa shape index (κ1) is 18.0. The van der Waals surface area contributed by atoms with Gasteiger partial charge in [-0.3, -0.25) is 4.79 Å². The molecule has 3 aromatic carbocycles. The molecule has 3 rings (SSSR count). The van der Waals surface area contributed by atoms with Crippen molar-refractivity contribution >= 4 is 23.2 Å². The SMILES string of the molecule is Cc1cc(Cl)ccc1NC(=O)C(C)Oc1ccc(-c2ccccc2)cc1. The highest BCUT2D eigenvalue weighted by Crippen LogP contribution is 2.23. The zero-order chi connectivity index (χ0) is 18.5. The molecular weight excluding hydrogens is 346 g/mol. The van der Waals surface area contributed by atoms with Gasteiger partial charge in [-0.25, -0.2) is 0 Å². The normalized spacial score (nSPS) is 11.7. The molecule has 0 saturated carbocycles. The number of hydrogen-bond acceptors (Lipinski definition) is 2. The molecule has 0 bridgehead atoms. The molecule has 0 radical (unpaired) electrons. The van der Waals surface area contributed by atoms with E-state index in [-0.39, 0.29) is 5.91 Å². The van der Waals surface area contributed by atoms with Gasteiger partial charge in [-0.05, 0) is 60.9 Å². The predicted molar refractivity (Wildman–Crippen MR) is 107 cm³/mol. The van der Waals surface area contributed by atoms with E-state index in [0.717, 1.165) is 22.4 Å². The van der Waals surface area contributed by atoms with Gasteiger partial charge in [0.15, 0.2) is 6.10 Å². The maximum Gasteiger partial charge on any atom is 0.265 e. The lowest BCUT2D eigenvalue weighted by molar-refractivity contribution is -0.122. The zero-order valence-corrected chi connectivity index (χ0v) is 15.5. The summed E-state index contributed by atoms with van der Waals surface area (Å²) in [6.07, 6.45) is -0.618. The molecule has 0 aliphatic rings. The number of nitrogens with one attached hydrogen (secondary N) is 1. The van der Waals surface area contributed by atoms with Crippen molar-refractivity contribution in [3.63, 3.8) is 0 Å². The number of hydrogen-bond donors (Lipinski definition) is 1. The Labute approximate surface area is 158 Å². The molecule has 4 heteroatoms. The number of carbonyl (C=O) groups excluding carboxylic acids is 1. The average molecular weight is 366 g/mol. The first-order valence-electron chi connectivity index (χ1n) is 8.42. The maximum absolute atomic E-state index is 12.4. The summed E-state index contributed by atoms with van der Waals surface area (Å²) < 4.78 is 5.76. The van der Waals surface area contributed by atoms with Crippen LogP contribution in [0.1, 0.15) is 12.5 Å². The van der Waals surface area contributed by atoms with E-state index < -0.39 is 6.10 Å². The first-order valence-corrected chi connectivity index (χ1v) is 8.80. The van der Waals surface area contributed by atoms with Crippen molar-refractivity contribution in [3.05, 3.63) is 83.4 Å². The van der Waals surface area contributed by atoms with Gasteiger partial charge in [0.2, 0.25) is 0 Å². The van der Waals surface area contributed by atoms with E-state index in [1.54, 1.807) is 19.1 Å². The summed E-state index contributed by atoms with van der Waals surface area (Å²) in [7, 11) is 0. The second-order valence-electron chi connectivity index (χ2n) is 6.10. The number of carbonyl (C=O) groups is 1. The van der Waals surface area contributed by atoms with Crippen molar-refractivity contribution in [2.45, 2.75) is 20.0 Å². The lowest BCUT2D eigenvalue weighted by Crippen LogP contribution is -2.30. The van der Waals surface area contributed by atoms with Crippen LogP contribution < -0.4 is 10.1 Å². The summed E-state index contributed by atoms with van der Waals surface area (Å²) in [6, 6.07) is 23.2. The van der Waals surface area contributed by atoms with Crippen molar-refractivity contribution in [2.75, 3.05) is 5.32 Å². The van der Waals surface area contributed by atoms with E-state index in [2.05, 4.69) is 17.4 Å². The van der Waals surface area contributed by atoms with Crippen molar-refractivity contribution < 1.29 is 9.53 Å². The van der Waals surface area contributed by atoms with Crippen LogP contribution in [0.5, 0.6) is 5.75 Å². The third-order valence-corrected chi connectivity index (χ3v) is 4.32. The Bertz CT molecular complexity index is 892. The summed E-state index contributed by atoms with van der Waals surface area (Å²) >= 11 is 5.94. The molecule has 0 saturated heterocycles. The van der Waals surface area contributed by atoms with Gasteiger partial charge >= 0.3 is 0 Å². The highest BCUT2D eigenvalue weighted by Gasteiger charge is 2.16. The van der Waals surface area contributed by atoms with E-state index in [9.17, 15) is 4.79 Å². The standard InChI is InChI=1S/C22H20ClNO2/c1-15-14-19(23)10-13-21(15)24-22(25)16(2)26-20-11-8-18(9-12-20)17-6-4-3-5-7-17/h3-14,16H,1-2H3,(H,24,25). The highest BCUT2D eigenvalue weighted by molar-refractivity contribution is 6.30. The third kappa shape index (κ3) is 4.44. The molecule has 132 valence electrons. The fourth-order valence-corrected chi connectivity index (χ4v) is 2.84. The van der Waals surface area contributed by atoms with Gasteiger partial charge in [0, 0.05) is 10.7 Å². The molecule has 3 nitrogen and oxygen atoms in total. The molecule has 1 atom stereocenters. The number of rotatable bonds is 5. The van der Waals surface area contributed by atoms with Crippen LogP contribution in [0, 0.1) is 6.92 Å². The number of aryl methyl sites for hydroxylation is 1. The minimum atomic E-state index is -0.618. The van der Waals surface area contributed by atoms with Gasteiger partial charge < -0.3 is 10.1 Å². The van der Waals surface area contributed by atoms with Gasteiger partial charge in [0.05, 0.1) is 0 Å². The summed E-state index contributed by atoms with van der Waals surface area (Å²) in [5.74, 6) is 0.447. The van der Waals surface area contributed by atoms with Crippen LogP contribution in [0.4, 0.5) is 5.69 Å². The highest BCUT2D eigenvalue weighted by atomic mass is 35.5. The Morgan fingerprint density at radius 1 is 0.962 bits per heavy atom. The topological polar surface area (TPSA) is 38.3 Å². The number of ether oxygens (including phenoxy) is 1. The van der Waals surface area contributed by atoms with Crippen LogP contribution in [0.15, 0.2) is 72.8 Å². The fraction of sp³-hybridized carbons (Fsp3) is 0.136. The molecule has 1 unspecified atom stereocenters. The van der Waals surface area contributed by atoms with Crippen molar-refractivity contribution in [1.82, 2.24) is 0 Å². The largest absolute Gasteiger partial charge is 0.481 e. The number of anilines is 1. The molecule has 0 fully saturated rings. The average Bonchev–Trinajstić information content (AvgIpc) is 2.65. The summed E-state index contributed by atoms with van der Waals surface area (Å²) in [5.41, 5.74) is 3.88. The van der Waals surface area contributed by atoms with Crippen molar-refractivity contribution in [2.24, 2.45) is 0 Å². The maximum atomic E-state index is 12.4. The Kier molecular flexibility index (Phi) is 5.59. The lowest BCUT2D eigenvalue weighted by atomic mass is 10.1. The zero-order valence-electron chi connectivity index (χ0n) is 14.7. The number of benzene rings is 3. The predicted octanol–water partition coefficient (Wildman–Crippen LogP) is 5.72. The molecule has 3 aromatic rings. The van der Waals surface area contributed by atoms with Crippen LogP contribution in [0.2, 0.25) is 5.02 Å². The monoisotopic (exact) mass is 365 g/mol. The van der Waals surface area contributed by atoms with Gasteiger partial charge in [-0.1, -0.05) is 54.1 Å². The van der Waals surface area contributed by atoms with E-state index in [0.29, 0.717) is 10.8 Å². The molecule has 0 spiro atoms. The van der Waals surface area contributed by atoms with Crippen LogP contribution in [0.25, 0.3) is 11.1 Å². The Morgan fingerprint density at radius 2 is 1.62 bits per heavy atom. The molecule has 0 aliphatic heterocycles. The van der Waals surface area contributed by atoms with Gasteiger partial charge in [0.25, 0.3) is 5.91 Å². The van der Waals surface area contributed by atoms with E-state index in [1.165, 1.54) is 0 Å². The van der Waals surface area contributed by atoms with E-state index in [4.69, 9.17) is 16.3 Å². The number of amides is 1. The second kappa shape index (κ2) is 8.07. The Morgan fingerprint density at radius 3 is 2.27 bits per heavy atom. The van der Waals surface area contributed by atoms with Crippen LogP contribution in [-0.4, -0.2) is 12.0 Å². The quantitative estimate of drug-likeness (QED) is 0.627. The van der Waals surface area contributed by atoms with Gasteiger partial charge in [0.1, 0.15) is 5.75 Å². The molecule has 0 aromatic heterocycles. The summed E-state index contributed by atoms with van der Waals surface area (Å²) in [4.78, 5) is 12.4. The van der Waals surface area contributed by atoms with Crippen LogP contribution >= 0.6 is 11.6 Å². The van der Waals surface area contributed by atoms with Crippen molar-refractivity contribution in [1.29, 1.82) is 0 Å². The molecule has 26 heavy (non-hydrogen) atoms. The molecule has 0 heterocycles.